The van der Waals surface area contributed by atoms with Crippen molar-refractivity contribution in [2.24, 2.45) is 0 Å². The average molecular weight is 334 g/mol. The van der Waals surface area contributed by atoms with Crippen LogP contribution >= 0.6 is 0 Å². The highest BCUT2D eigenvalue weighted by Gasteiger charge is 2.36. The number of hydrogen-bond acceptors (Lipinski definition) is 3. The van der Waals surface area contributed by atoms with E-state index in [4.69, 9.17) is 4.74 Å². The normalized spacial score (nSPS) is 21.4. The molecule has 1 heterocycles. The number of nitrogens with one attached hydrogen (secondary N) is 2. The summed E-state index contributed by atoms with van der Waals surface area (Å²) in [4.78, 5) is 12.1. The summed E-state index contributed by atoms with van der Waals surface area (Å²) in [7, 11) is 1.54. The topological polar surface area (TPSA) is 50.4 Å². The van der Waals surface area contributed by atoms with Crippen LogP contribution in [0.3, 0.4) is 0 Å². The van der Waals surface area contributed by atoms with Gasteiger partial charge in [0.25, 0.3) is 5.91 Å². The van der Waals surface area contributed by atoms with Crippen LogP contribution in [0.1, 0.15) is 28.8 Å². The number of carbonyl (C=O) groups is 1. The molecule has 1 aliphatic rings. The summed E-state index contributed by atoms with van der Waals surface area (Å²) >= 11 is 0. The summed E-state index contributed by atoms with van der Waals surface area (Å²) in [5.41, 5.74) is -2.10. The molecular formula is C15H18F4N2O2. The Morgan fingerprint density at radius 2 is 2.17 bits per heavy atom. The predicted octanol–water partition coefficient (Wildman–Crippen LogP) is 2.34. The fraction of sp³-hybridized carbons (Fsp3) is 0.533. The fourth-order valence-corrected chi connectivity index (χ4v) is 2.71. The number of alkyl halides is 3. The van der Waals surface area contributed by atoms with Gasteiger partial charge in [0.05, 0.1) is 17.7 Å². The van der Waals surface area contributed by atoms with Crippen LogP contribution in [0.25, 0.3) is 0 Å². The standard InChI is InChI=1S/C15H18F4N2O2/c1-23-9-14(5-2-6-21-14)8-20-13(22)10-3-4-12(16)11(7-10)15(17,18)19/h3-4,7,21H,2,5-6,8-9H2,1H3,(H,20,22). The first kappa shape index (κ1) is 17.7. The van der Waals surface area contributed by atoms with Crippen LogP contribution in [0.4, 0.5) is 17.6 Å². The minimum atomic E-state index is -4.84. The lowest BCUT2D eigenvalue weighted by Crippen LogP contribution is -2.53. The van der Waals surface area contributed by atoms with E-state index in [0.717, 1.165) is 25.5 Å². The highest BCUT2D eigenvalue weighted by Crippen LogP contribution is 2.31. The molecule has 1 aliphatic heterocycles. The van der Waals surface area contributed by atoms with Crippen LogP contribution in [-0.2, 0) is 10.9 Å². The zero-order chi connectivity index (χ0) is 17.1. The van der Waals surface area contributed by atoms with Crippen molar-refractivity contribution in [3.63, 3.8) is 0 Å². The minimum absolute atomic E-state index is 0.221. The second kappa shape index (κ2) is 6.84. The highest BCUT2D eigenvalue weighted by molar-refractivity contribution is 5.94. The van der Waals surface area contributed by atoms with Gasteiger partial charge in [-0.3, -0.25) is 4.79 Å². The fourth-order valence-electron chi connectivity index (χ4n) is 2.71. The van der Waals surface area contributed by atoms with Crippen molar-refractivity contribution < 1.29 is 27.1 Å². The van der Waals surface area contributed by atoms with Crippen LogP contribution < -0.4 is 10.6 Å². The molecule has 1 unspecified atom stereocenters. The van der Waals surface area contributed by atoms with E-state index >= 15 is 0 Å². The van der Waals surface area contributed by atoms with E-state index in [0.29, 0.717) is 18.7 Å². The monoisotopic (exact) mass is 334 g/mol. The summed E-state index contributed by atoms with van der Waals surface area (Å²) in [5.74, 6) is -2.08. The summed E-state index contributed by atoms with van der Waals surface area (Å²) in [5, 5.41) is 5.84. The molecule has 0 radical (unpaired) electrons. The molecule has 1 saturated heterocycles. The maximum Gasteiger partial charge on any atom is 0.419 e. The van der Waals surface area contributed by atoms with E-state index in [-0.39, 0.29) is 12.1 Å². The summed E-state index contributed by atoms with van der Waals surface area (Å²) in [6.07, 6.45) is -3.13. The third-order valence-electron chi connectivity index (χ3n) is 3.87. The molecular weight excluding hydrogens is 316 g/mol. The third-order valence-corrected chi connectivity index (χ3v) is 3.87. The Morgan fingerprint density at radius 3 is 2.74 bits per heavy atom. The second-order valence-corrected chi connectivity index (χ2v) is 5.62. The van der Waals surface area contributed by atoms with E-state index in [1.807, 2.05) is 0 Å². The zero-order valence-corrected chi connectivity index (χ0v) is 12.6. The number of halogens is 4. The maximum atomic E-state index is 13.2. The van der Waals surface area contributed by atoms with Crippen molar-refractivity contribution in [2.45, 2.75) is 24.6 Å². The maximum absolute atomic E-state index is 13.2. The molecule has 23 heavy (non-hydrogen) atoms. The zero-order valence-electron chi connectivity index (χ0n) is 12.6. The van der Waals surface area contributed by atoms with Gasteiger partial charge in [-0.15, -0.1) is 0 Å². The van der Waals surface area contributed by atoms with Gasteiger partial charge in [0.2, 0.25) is 0 Å². The summed E-state index contributed by atoms with van der Waals surface area (Å²) in [6, 6.07) is 2.21. The minimum Gasteiger partial charge on any atom is -0.383 e. The molecule has 0 spiro atoms. The molecule has 0 saturated carbocycles. The Bertz CT molecular complexity index is 569. The first-order valence-corrected chi connectivity index (χ1v) is 7.16. The molecule has 2 rings (SSSR count). The van der Waals surface area contributed by atoms with Gasteiger partial charge in [-0.05, 0) is 37.6 Å². The van der Waals surface area contributed by atoms with Gasteiger partial charge < -0.3 is 15.4 Å². The average Bonchev–Trinajstić information content (AvgIpc) is 2.93. The Labute approximate surface area is 131 Å². The Kier molecular flexibility index (Phi) is 5.26. The van der Waals surface area contributed by atoms with Gasteiger partial charge in [-0.25, -0.2) is 4.39 Å². The quantitative estimate of drug-likeness (QED) is 0.813. The summed E-state index contributed by atoms with van der Waals surface area (Å²) in [6.45, 7) is 1.39. The molecule has 0 aliphatic carbocycles. The molecule has 1 amide bonds. The van der Waals surface area contributed by atoms with Crippen molar-refractivity contribution in [1.29, 1.82) is 0 Å². The lowest BCUT2D eigenvalue weighted by Gasteiger charge is -2.29. The molecule has 1 aromatic rings. The smallest absolute Gasteiger partial charge is 0.383 e. The molecule has 128 valence electrons. The number of carbonyl (C=O) groups excluding carboxylic acids is 1. The number of rotatable bonds is 5. The molecule has 4 nitrogen and oxygen atoms in total. The Hall–Kier alpha value is -1.67. The van der Waals surface area contributed by atoms with E-state index < -0.39 is 29.0 Å². The van der Waals surface area contributed by atoms with Crippen LogP contribution in [0.5, 0.6) is 0 Å². The van der Waals surface area contributed by atoms with Gasteiger partial charge in [-0.2, -0.15) is 13.2 Å². The lowest BCUT2D eigenvalue weighted by molar-refractivity contribution is -0.140. The molecule has 2 N–H and O–H groups in total. The van der Waals surface area contributed by atoms with Crippen molar-refractivity contribution in [3.05, 3.63) is 35.1 Å². The largest absolute Gasteiger partial charge is 0.419 e. The molecule has 1 aromatic carbocycles. The van der Waals surface area contributed by atoms with Crippen LogP contribution in [0.15, 0.2) is 18.2 Å². The number of benzene rings is 1. The Balaban J connectivity index is 2.09. The molecule has 0 aromatic heterocycles. The van der Waals surface area contributed by atoms with E-state index in [1.165, 1.54) is 0 Å². The summed E-state index contributed by atoms with van der Waals surface area (Å²) < 4.78 is 56.4. The molecule has 0 bridgehead atoms. The number of ether oxygens (including phenoxy) is 1. The number of amides is 1. The third kappa shape index (κ3) is 4.20. The van der Waals surface area contributed by atoms with Crippen molar-refractivity contribution in [3.8, 4) is 0 Å². The first-order valence-electron chi connectivity index (χ1n) is 7.16. The second-order valence-electron chi connectivity index (χ2n) is 5.62. The van der Waals surface area contributed by atoms with Gasteiger partial charge in [0.1, 0.15) is 5.82 Å². The Morgan fingerprint density at radius 1 is 1.43 bits per heavy atom. The van der Waals surface area contributed by atoms with Gasteiger partial charge >= 0.3 is 6.18 Å². The van der Waals surface area contributed by atoms with Crippen molar-refractivity contribution >= 4 is 5.91 Å². The van der Waals surface area contributed by atoms with Crippen molar-refractivity contribution in [2.75, 3.05) is 26.8 Å². The van der Waals surface area contributed by atoms with Crippen LogP contribution in [-0.4, -0.2) is 38.3 Å². The van der Waals surface area contributed by atoms with E-state index in [9.17, 15) is 22.4 Å². The lowest BCUT2D eigenvalue weighted by atomic mass is 9.98. The number of methoxy groups -OCH3 is 1. The molecule has 8 heteroatoms. The van der Waals surface area contributed by atoms with Gasteiger partial charge in [0.15, 0.2) is 0 Å². The molecule has 1 fully saturated rings. The van der Waals surface area contributed by atoms with Crippen molar-refractivity contribution in [1.82, 2.24) is 10.6 Å². The first-order chi connectivity index (χ1) is 10.8. The van der Waals surface area contributed by atoms with Crippen LogP contribution in [0, 0.1) is 5.82 Å². The number of hydrogen-bond donors (Lipinski definition) is 2. The highest BCUT2D eigenvalue weighted by atomic mass is 19.4. The SMILES string of the molecule is COCC1(CNC(=O)c2ccc(F)c(C(F)(F)F)c2)CCCN1. The van der Waals surface area contributed by atoms with Crippen LogP contribution in [0.2, 0.25) is 0 Å². The van der Waals surface area contributed by atoms with E-state index in [2.05, 4.69) is 10.6 Å². The van der Waals surface area contributed by atoms with E-state index in [1.54, 1.807) is 7.11 Å². The predicted molar refractivity (Wildman–Crippen MR) is 75.6 cm³/mol. The van der Waals surface area contributed by atoms with Gasteiger partial charge in [-0.1, -0.05) is 0 Å². The molecule has 1 atom stereocenters. The van der Waals surface area contributed by atoms with Gasteiger partial charge in [0, 0.05) is 19.2 Å².